The molecule has 3 heteroatoms. The first kappa shape index (κ1) is 13.7. The van der Waals surface area contributed by atoms with Gasteiger partial charge in [-0.15, -0.1) is 0 Å². The molecule has 1 aliphatic carbocycles. The molecule has 2 aromatic rings. The smallest absolute Gasteiger partial charge is 0.309 e. The Kier molecular flexibility index (Phi) is 3.91. The lowest BCUT2D eigenvalue weighted by atomic mass is 10.0. The van der Waals surface area contributed by atoms with Crippen molar-refractivity contribution >= 4 is 11.5 Å². The van der Waals surface area contributed by atoms with Gasteiger partial charge in [-0.05, 0) is 37.0 Å². The Balaban J connectivity index is 1.85. The SMILES string of the molecule is CCOC(=O)[C@H]1C[C@@H]1/C=C(/c1ccccc1)c1ccco1. The molecule has 1 heterocycles. The van der Waals surface area contributed by atoms with Gasteiger partial charge in [0.05, 0.1) is 18.8 Å². The molecule has 0 radical (unpaired) electrons. The Labute approximate surface area is 124 Å². The molecule has 1 aromatic heterocycles. The van der Waals surface area contributed by atoms with E-state index >= 15 is 0 Å². The molecule has 0 N–H and O–H groups in total. The number of ether oxygens (including phenoxy) is 1. The van der Waals surface area contributed by atoms with Crippen molar-refractivity contribution in [1.29, 1.82) is 0 Å². The Morgan fingerprint density at radius 2 is 2.10 bits per heavy atom. The number of hydrogen-bond donors (Lipinski definition) is 0. The molecule has 3 rings (SSSR count). The molecule has 21 heavy (non-hydrogen) atoms. The fourth-order valence-electron chi connectivity index (χ4n) is 2.50. The molecular formula is C18H18O3. The Morgan fingerprint density at radius 3 is 2.76 bits per heavy atom. The predicted molar refractivity (Wildman–Crippen MR) is 80.5 cm³/mol. The van der Waals surface area contributed by atoms with Crippen molar-refractivity contribution < 1.29 is 13.9 Å². The van der Waals surface area contributed by atoms with Crippen LogP contribution in [0, 0.1) is 11.8 Å². The van der Waals surface area contributed by atoms with Crippen LogP contribution in [0.3, 0.4) is 0 Å². The average molecular weight is 282 g/mol. The number of carbonyl (C=O) groups excluding carboxylic acids is 1. The van der Waals surface area contributed by atoms with Crippen molar-refractivity contribution in [3.8, 4) is 0 Å². The van der Waals surface area contributed by atoms with Gasteiger partial charge >= 0.3 is 5.97 Å². The van der Waals surface area contributed by atoms with E-state index in [0.717, 1.165) is 23.3 Å². The van der Waals surface area contributed by atoms with Gasteiger partial charge < -0.3 is 9.15 Å². The van der Waals surface area contributed by atoms with Crippen LogP contribution in [0.15, 0.2) is 59.2 Å². The molecule has 0 amide bonds. The molecular weight excluding hydrogens is 264 g/mol. The van der Waals surface area contributed by atoms with Crippen molar-refractivity contribution in [1.82, 2.24) is 0 Å². The van der Waals surface area contributed by atoms with Gasteiger partial charge in [0.25, 0.3) is 0 Å². The molecule has 0 unspecified atom stereocenters. The van der Waals surface area contributed by atoms with Crippen molar-refractivity contribution in [3.63, 3.8) is 0 Å². The third-order valence-corrected chi connectivity index (χ3v) is 3.68. The largest absolute Gasteiger partial charge is 0.466 e. The second kappa shape index (κ2) is 6.00. The van der Waals surface area contributed by atoms with Crippen molar-refractivity contribution in [2.75, 3.05) is 6.61 Å². The first-order valence-electron chi connectivity index (χ1n) is 7.27. The zero-order valence-electron chi connectivity index (χ0n) is 12.0. The van der Waals surface area contributed by atoms with Crippen LogP contribution in [0.5, 0.6) is 0 Å². The highest BCUT2D eigenvalue weighted by molar-refractivity contribution is 5.81. The molecule has 0 spiro atoms. The van der Waals surface area contributed by atoms with Gasteiger partial charge in [0, 0.05) is 5.57 Å². The van der Waals surface area contributed by atoms with Crippen LogP contribution in [0.1, 0.15) is 24.7 Å². The van der Waals surface area contributed by atoms with E-state index in [9.17, 15) is 4.79 Å². The van der Waals surface area contributed by atoms with Crippen LogP contribution < -0.4 is 0 Å². The minimum atomic E-state index is -0.0920. The summed E-state index contributed by atoms with van der Waals surface area (Å²) in [7, 11) is 0. The summed E-state index contributed by atoms with van der Waals surface area (Å²) < 4.78 is 10.6. The summed E-state index contributed by atoms with van der Waals surface area (Å²) in [5, 5.41) is 0. The fourth-order valence-corrected chi connectivity index (χ4v) is 2.50. The van der Waals surface area contributed by atoms with E-state index in [1.165, 1.54) is 0 Å². The summed E-state index contributed by atoms with van der Waals surface area (Å²) in [6.07, 6.45) is 4.66. The topological polar surface area (TPSA) is 39.4 Å². The first-order chi connectivity index (χ1) is 10.3. The summed E-state index contributed by atoms with van der Waals surface area (Å²) in [5.74, 6) is 0.976. The Hall–Kier alpha value is -2.29. The van der Waals surface area contributed by atoms with E-state index in [0.29, 0.717) is 6.61 Å². The lowest BCUT2D eigenvalue weighted by Gasteiger charge is -2.05. The van der Waals surface area contributed by atoms with Crippen LogP contribution in [0.2, 0.25) is 0 Å². The molecule has 0 saturated heterocycles. The first-order valence-corrected chi connectivity index (χ1v) is 7.27. The number of rotatable bonds is 5. The highest BCUT2D eigenvalue weighted by Gasteiger charge is 2.43. The number of esters is 1. The minimum absolute atomic E-state index is 0.00127. The van der Waals surface area contributed by atoms with Gasteiger partial charge in [-0.2, -0.15) is 0 Å². The standard InChI is InChI=1S/C18H18O3/c1-2-20-18(19)16-12-14(16)11-15(17-9-6-10-21-17)13-7-4-3-5-8-13/h3-11,14,16H,2,12H2,1H3/b15-11-/t14-,16-/m0/s1. The van der Waals surface area contributed by atoms with Crippen molar-refractivity contribution in [2.24, 2.45) is 11.8 Å². The van der Waals surface area contributed by atoms with Gasteiger partial charge in [0.15, 0.2) is 0 Å². The van der Waals surface area contributed by atoms with Crippen LogP contribution in [-0.4, -0.2) is 12.6 Å². The normalized spacial score (nSPS) is 21.1. The summed E-state index contributed by atoms with van der Waals surface area (Å²) in [5.41, 5.74) is 2.14. The fraction of sp³-hybridized carbons (Fsp3) is 0.278. The zero-order chi connectivity index (χ0) is 14.7. The highest BCUT2D eigenvalue weighted by Crippen LogP contribution is 2.43. The van der Waals surface area contributed by atoms with Crippen LogP contribution >= 0.6 is 0 Å². The number of carbonyl (C=O) groups is 1. The quantitative estimate of drug-likeness (QED) is 0.780. The van der Waals surface area contributed by atoms with Gasteiger partial charge in [-0.3, -0.25) is 4.79 Å². The van der Waals surface area contributed by atoms with E-state index in [-0.39, 0.29) is 17.8 Å². The van der Waals surface area contributed by atoms with Crippen molar-refractivity contribution in [3.05, 3.63) is 66.1 Å². The van der Waals surface area contributed by atoms with E-state index in [1.807, 2.05) is 37.3 Å². The third-order valence-electron chi connectivity index (χ3n) is 3.68. The molecule has 1 saturated carbocycles. The van der Waals surface area contributed by atoms with Gasteiger partial charge in [-0.25, -0.2) is 0 Å². The second-order valence-electron chi connectivity index (χ2n) is 5.18. The number of benzene rings is 1. The highest BCUT2D eigenvalue weighted by atomic mass is 16.5. The van der Waals surface area contributed by atoms with Gasteiger partial charge in [0.2, 0.25) is 0 Å². The molecule has 0 aliphatic heterocycles. The van der Waals surface area contributed by atoms with E-state index in [2.05, 4.69) is 18.2 Å². The summed E-state index contributed by atoms with van der Waals surface area (Å²) in [4.78, 5) is 11.7. The van der Waals surface area contributed by atoms with Crippen LogP contribution in [0.25, 0.3) is 5.57 Å². The second-order valence-corrected chi connectivity index (χ2v) is 5.18. The monoisotopic (exact) mass is 282 g/mol. The molecule has 1 aliphatic rings. The average Bonchev–Trinajstić information content (AvgIpc) is 3.08. The lowest BCUT2D eigenvalue weighted by molar-refractivity contribution is -0.144. The summed E-state index contributed by atoms with van der Waals surface area (Å²) >= 11 is 0. The molecule has 2 atom stereocenters. The maximum atomic E-state index is 11.7. The third kappa shape index (κ3) is 3.07. The maximum Gasteiger partial charge on any atom is 0.309 e. The van der Waals surface area contributed by atoms with E-state index < -0.39 is 0 Å². The summed E-state index contributed by atoms with van der Waals surface area (Å²) in [6, 6.07) is 13.9. The molecule has 108 valence electrons. The number of allylic oxidation sites excluding steroid dienone is 1. The Morgan fingerprint density at radius 1 is 1.29 bits per heavy atom. The molecule has 1 fully saturated rings. The van der Waals surface area contributed by atoms with Crippen molar-refractivity contribution in [2.45, 2.75) is 13.3 Å². The maximum absolute atomic E-state index is 11.7. The van der Waals surface area contributed by atoms with E-state index in [4.69, 9.17) is 9.15 Å². The molecule has 3 nitrogen and oxygen atoms in total. The predicted octanol–water partition coefficient (Wildman–Crippen LogP) is 3.91. The van der Waals surface area contributed by atoms with E-state index in [1.54, 1.807) is 6.26 Å². The zero-order valence-corrected chi connectivity index (χ0v) is 12.0. The van der Waals surface area contributed by atoms with Crippen LogP contribution in [0.4, 0.5) is 0 Å². The Bertz CT molecular complexity index is 626. The van der Waals surface area contributed by atoms with Gasteiger partial charge in [-0.1, -0.05) is 36.4 Å². The van der Waals surface area contributed by atoms with Gasteiger partial charge in [0.1, 0.15) is 5.76 Å². The lowest BCUT2D eigenvalue weighted by Crippen LogP contribution is -2.07. The summed E-state index contributed by atoms with van der Waals surface area (Å²) in [6.45, 7) is 2.28. The van der Waals surface area contributed by atoms with Crippen LogP contribution in [-0.2, 0) is 9.53 Å². The number of furan rings is 1. The number of hydrogen-bond acceptors (Lipinski definition) is 3. The minimum Gasteiger partial charge on any atom is -0.466 e. The molecule has 1 aromatic carbocycles. The molecule has 0 bridgehead atoms.